The molecule has 1 aromatic carbocycles. The topological polar surface area (TPSA) is 55.2 Å². The van der Waals surface area contributed by atoms with Gasteiger partial charge in [-0.15, -0.1) is 0 Å². The molecule has 126 valence electrons. The molecule has 0 saturated carbocycles. The highest BCUT2D eigenvalue weighted by atomic mass is 35.5. The van der Waals surface area contributed by atoms with Crippen molar-refractivity contribution in [3.63, 3.8) is 0 Å². The average molecular weight is 346 g/mol. The normalized spacial score (nSPS) is 17.8. The molecule has 1 aliphatic heterocycles. The lowest BCUT2D eigenvalue weighted by atomic mass is 10.0. The van der Waals surface area contributed by atoms with E-state index in [1.165, 1.54) is 17.0 Å². The van der Waals surface area contributed by atoms with Crippen LogP contribution in [0.2, 0.25) is 5.02 Å². The SMILES string of the molecule is CC1CCCN(C(=O)Cn2cnc(-c3ccc(Cl)cc3)cc2=O)C1. The number of carbonyl (C=O) groups excluding carboxylic acids is 1. The maximum absolute atomic E-state index is 12.4. The summed E-state index contributed by atoms with van der Waals surface area (Å²) in [6, 6.07) is 8.59. The van der Waals surface area contributed by atoms with Gasteiger partial charge in [0.15, 0.2) is 0 Å². The second-order valence-electron chi connectivity index (χ2n) is 6.33. The minimum Gasteiger partial charge on any atom is -0.341 e. The molecule has 1 amide bonds. The Kier molecular flexibility index (Phi) is 5.00. The van der Waals surface area contributed by atoms with Crippen LogP contribution in [0.1, 0.15) is 19.8 Å². The van der Waals surface area contributed by atoms with E-state index in [2.05, 4.69) is 11.9 Å². The van der Waals surface area contributed by atoms with Crippen molar-refractivity contribution in [3.05, 3.63) is 52.0 Å². The van der Waals surface area contributed by atoms with Crippen LogP contribution in [0.3, 0.4) is 0 Å². The lowest BCUT2D eigenvalue weighted by Crippen LogP contribution is -2.42. The Morgan fingerprint density at radius 1 is 1.33 bits per heavy atom. The van der Waals surface area contributed by atoms with Crippen molar-refractivity contribution in [2.45, 2.75) is 26.3 Å². The molecule has 24 heavy (non-hydrogen) atoms. The van der Waals surface area contributed by atoms with Crippen molar-refractivity contribution < 1.29 is 4.79 Å². The Morgan fingerprint density at radius 2 is 2.08 bits per heavy atom. The minimum atomic E-state index is -0.228. The molecule has 1 fully saturated rings. The van der Waals surface area contributed by atoms with E-state index in [-0.39, 0.29) is 18.0 Å². The molecule has 2 heterocycles. The number of hydrogen-bond acceptors (Lipinski definition) is 3. The van der Waals surface area contributed by atoms with Crippen LogP contribution in [-0.4, -0.2) is 33.4 Å². The zero-order valence-corrected chi connectivity index (χ0v) is 14.4. The van der Waals surface area contributed by atoms with Crippen LogP contribution in [0.4, 0.5) is 0 Å². The fraction of sp³-hybridized carbons (Fsp3) is 0.389. The maximum Gasteiger partial charge on any atom is 0.254 e. The molecular weight excluding hydrogens is 326 g/mol. The molecule has 3 rings (SSSR count). The molecule has 5 nitrogen and oxygen atoms in total. The summed E-state index contributed by atoms with van der Waals surface area (Å²) < 4.78 is 1.36. The van der Waals surface area contributed by atoms with Crippen LogP contribution in [0, 0.1) is 5.92 Å². The predicted octanol–water partition coefficient (Wildman–Crippen LogP) is 2.82. The fourth-order valence-corrected chi connectivity index (χ4v) is 3.11. The van der Waals surface area contributed by atoms with E-state index in [4.69, 9.17) is 11.6 Å². The number of aromatic nitrogens is 2. The molecule has 1 aromatic heterocycles. The van der Waals surface area contributed by atoms with Crippen LogP contribution >= 0.6 is 11.6 Å². The summed E-state index contributed by atoms with van der Waals surface area (Å²) in [5, 5.41) is 0.633. The van der Waals surface area contributed by atoms with Crippen molar-refractivity contribution in [1.29, 1.82) is 0 Å². The summed E-state index contributed by atoms with van der Waals surface area (Å²) in [5.74, 6) is 0.495. The summed E-state index contributed by atoms with van der Waals surface area (Å²) >= 11 is 5.87. The van der Waals surface area contributed by atoms with Crippen molar-refractivity contribution in [2.24, 2.45) is 5.92 Å². The monoisotopic (exact) mass is 345 g/mol. The molecule has 1 saturated heterocycles. The Labute approximate surface area is 145 Å². The van der Waals surface area contributed by atoms with Crippen LogP contribution in [-0.2, 0) is 11.3 Å². The van der Waals surface area contributed by atoms with E-state index in [9.17, 15) is 9.59 Å². The van der Waals surface area contributed by atoms with E-state index < -0.39 is 0 Å². The highest BCUT2D eigenvalue weighted by molar-refractivity contribution is 6.30. The Morgan fingerprint density at radius 3 is 2.75 bits per heavy atom. The van der Waals surface area contributed by atoms with Gasteiger partial charge in [0.25, 0.3) is 5.56 Å². The quantitative estimate of drug-likeness (QED) is 0.859. The molecule has 1 aliphatic rings. The number of piperidine rings is 1. The molecule has 2 aromatic rings. The average Bonchev–Trinajstić information content (AvgIpc) is 2.57. The Hall–Kier alpha value is -2.14. The zero-order chi connectivity index (χ0) is 17.1. The predicted molar refractivity (Wildman–Crippen MR) is 93.9 cm³/mol. The van der Waals surface area contributed by atoms with Gasteiger partial charge in [-0.2, -0.15) is 0 Å². The number of carbonyl (C=O) groups is 1. The van der Waals surface area contributed by atoms with E-state index in [1.54, 1.807) is 12.1 Å². The van der Waals surface area contributed by atoms with Crippen molar-refractivity contribution in [2.75, 3.05) is 13.1 Å². The van der Waals surface area contributed by atoms with Crippen LogP contribution in [0.5, 0.6) is 0 Å². The van der Waals surface area contributed by atoms with Gasteiger partial charge in [-0.3, -0.25) is 14.2 Å². The zero-order valence-electron chi connectivity index (χ0n) is 13.6. The van der Waals surface area contributed by atoms with Crippen molar-refractivity contribution in [1.82, 2.24) is 14.5 Å². The van der Waals surface area contributed by atoms with Crippen molar-refractivity contribution >= 4 is 17.5 Å². The van der Waals surface area contributed by atoms with Crippen LogP contribution in [0.15, 0.2) is 41.5 Å². The first kappa shape index (κ1) is 16.7. The number of benzene rings is 1. The van der Waals surface area contributed by atoms with Gasteiger partial charge >= 0.3 is 0 Å². The molecule has 0 bridgehead atoms. The minimum absolute atomic E-state index is 0.0234. The summed E-state index contributed by atoms with van der Waals surface area (Å²) in [4.78, 5) is 30.8. The molecule has 1 atom stereocenters. The third kappa shape index (κ3) is 3.85. The molecular formula is C18H20ClN3O2. The second kappa shape index (κ2) is 7.18. The van der Waals surface area contributed by atoms with E-state index >= 15 is 0 Å². The summed E-state index contributed by atoms with van der Waals surface area (Å²) in [7, 11) is 0. The van der Waals surface area contributed by atoms with E-state index in [0.717, 1.165) is 31.5 Å². The summed E-state index contributed by atoms with van der Waals surface area (Å²) in [5.41, 5.74) is 1.17. The van der Waals surface area contributed by atoms with Gasteiger partial charge in [0.2, 0.25) is 5.91 Å². The number of rotatable bonds is 3. The molecule has 6 heteroatoms. The van der Waals surface area contributed by atoms with Crippen LogP contribution in [0.25, 0.3) is 11.3 Å². The summed E-state index contributed by atoms with van der Waals surface area (Å²) in [6.45, 7) is 3.73. The first-order valence-corrected chi connectivity index (χ1v) is 8.51. The van der Waals surface area contributed by atoms with Crippen LogP contribution < -0.4 is 5.56 Å². The molecule has 0 spiro atoms. The molecule has 0 aliphatic carbocycles. The Balaban J connectivity index is 1.74. The van der Waals surface area contributed by atoms with Gasteiger partial charge in [-0.1, -0.05) is 30.7 Å². The molecule has 0 radical (unpaired) electrons. The van der Waals surface area contributed by atoms with Gasteiger partial charge in [-0.05, 0) is 30.9 Å². The standard InChI is InChI=1S/C18H20ClN3O2/c1-13-3-2-8-21(10-13)18(24)11-22-12-20-16(9-17(22)23)14-4-6-15(19)7-5-14/h4-7,9,12-13H,2-3,8,10-11H2,1H3. The van der Waals surface area contributed by atoms with Gasteiger partial charge in [0, 0.05) is 29.7 Å². The van der Waals surface area contributed by atoms with Gasteiger partial charge < -0.3 is 4.90 Å². The number of likely N-dealkylation sites (tertiary alicyclic amines) is 1. The molecule has 1 unspecified atom stereocenters. The number of hydrogen-bond donors (Lipinski definition) is 0. The second-order valence-corrected chi connectivity index (χ2v) is 6.77. The Bertz CT molecular complexity index is 786. The third-order valence-electron chi connectivity index (χ3n) is 4.33. The smallest absolute Gasteiger partial charge is 0.254 e. The number of nitrogens with zero attached hydrogens (tertiary/aromatic N) is 3. The van der Waals surface area contributed by atoms with Gasteiger partial charge in [-0.25, -0.2) is 4.98 Å². The van der Waals surface area contributed by atoms with E-state index in [1.807, 2.05) is 17.0 Å². The lowest BCUT2D eigenvalue weighted by molar-refractivity contribution is -0.133. The maximum atomic E-state index is 12.4. The highest BCUT2D eigenvalue weighted by Crippen LogP contribution is 2.18. The van der Waals surface area contributed by atoms with Gasteiger partial charge in [0.05, 0.1) is 12.0 Å². The number of halogens is 1. The fourth-order valence-electron chi connectivity index (χ4n) is 2.98. The third-order valence-corrected chi connectivity index (χ3v) is 4.59. The first-order valence-electron chi connectivity index (χ1n) is 8.13. The lowest BCUT2D eigenvalue weighted by Gasteiger charge is -2.31. The number of amides is 1. The largest absolute Gasteiger partial charge is 0.341 e. The van der Waals surface area contributed by atoms with E-state index in [0.29, 0.717) is 16.6 Å². The summed E-state index contributed by atoms with van der Waals surface area (Å²) in [6.07, 6.45) is 3.62. The highest BCUT2D eigenvalue weighted by Gasteiger charge is 2.21. The van der Waals surface area contributed by atoms with Gasteiger partial charge in [0.1, 0.15) is 6.54 Å². The first-order chi connectivity index (χ1) is 11.5. The molecule has 0 N–H and O–H groups in total. The van der Waals surface area contributed by atoms with Crippen molar-refractivity contribution in [3.8, 4) is 11.3 Å².